The first-order chi connectivity index (χ1) is 13.1. The van der Waals surface area contributed by atoms with Gasteiger partial charge in [-0.05, 0) is 24.6 Å². The van der Waals surface area contributed by atoms with E-state index >= 15 is 0 Å². The van der Waals surface area contributed by atoms with Crippen LogP contribution in [0.25, 0.3) is 5.52 Å². The fourth-order valence-corrected chi connectivity index (χ4v) is 3.67. The molecular formula is C19H21N7O. The summed E-state index contributed by atoms with van der Waals surface area (Å²) in [4.78, 5) is 9.96. The predicted molar refractivity (Wildman–Crippen MR) is 99.8 cm³/mol. The molecule has 0 spiro atoms. The van der Waals surface area contributed by atoms with Crippen LogP contribution in [0.5, 0.6) is 0 Å². The van der Waals surface area contributed by atoms with Crippen molar-refractivity contribution in [2.24, 2.45) is 0 Å². The minimum absolute atomic E-state index is 0.167. The summed E-state index contributed by atoms with van der Waals surface area (Å²) in [5, 5.41) is 13.3. The number of anilines is 1. The zero-order chi connectivity index (χ0) is 18.5. The molecule has 5 heterocycles. The van der Waals surface area contributed by atoms with E-state index in [1.165, 1.54) is 5.56 Å². The van der Waals surface area contributed by atoms with Crippen LogP contribution in [0.4, 0.5) is 6.01 Å². The Labute approximate surface area is 156 Å². The van der Waals surface area contributed by atoms with E-state index in [2.05, 4.69) is 44.1 Å². The van der Waals surface area contributed by atoms with Crippen LogP contribution in [-0.2, 0) is 6.42 Å². The normalized spacial score (nSPS) is 17.0. The van der Waals surface area contributed by atoms with E-state index in [4.69, 9.17) is 9.52 Å². The van der Waals surface area contributed by atoms with E-state index < -0.39 is 0 Å². The van der Waals surface area contributed by atoms with E-state index in [1.807, 2.05) is 30.6 Å². The molecule has 0 aromatic carbocycles. The van der Waals surface area contributed by atoms with E-state index in [1.54, 1.807) is 6.33 Å². The van der Waals surface area contributed by atoms with Gasteiger partial charge < -0.3 is 14.3 Å². The van der Waals surface area contributed by atoms with Crippen LogP contribution >= 0.6 is 0 Å². The third-order valence-corrected chi connectivity index (χ3v) is 5.11. The van der Waals surface area contributed by atoms with Gasteiger partial charge in [0, 0.05) is 30.8 Å². The van der Waals surface area contributed by atoms with Crippen LogP contribution in [0.3, 0.4) is 0 Å². The Hall–Kier alpha value is -3.16. The molecule has 1 N–H and O–H groups in total. The number of pyridine rings is 1. The van der Waals surface area contributed by atoms with Crippen molar-refractivity contribution < 1.29 is 4.42 Å². The fraction of sp³-hybridized carbons (Fsp3) is 0.368. The Morgan fingerprint density at radius 3 is 2.96 bits per heavy atom. The van der Waals surface area contributed by atoms with Crippen molar-refractivity contribution in [3.63, 3.8) is 0 Å². The molecule has 0 bridgehead atoms. The number of H-pyrrole nitrogens is 1. The molecule has 1 aliphatic heterocycles. The molecule has 0 radical (unpaired) electrons. The summed E-state index contributed by atoms with van der Waals surface area (Å²) < 4.78 is 7.87. The van der Waals surface area contributed by atoms with Gasteiger partial charge in [-0.2, -0.15) is 5.10 Å². The molecule has 1 atom stereocenters. The van der Waals surface area contributed by atoms with Gasteiger partial charge in [-0.1, -0.05) is 25.0 Å². The van der Waals surface area contributed by atoms with E-state index in [-0.39, 0.29) is 12.0 Å². The van der Waals surface area contributed by atoms with Crippen LogP contribution < -0.4 is 4.90 Å². The number of hydrogen-bond acceptors (Lipinski definition) is 6. The van der Waals surface area contributed by atoms with Crippen LogP contribution in [0, 0.1) is 6.92 Å². The third kappa shape index (κ3) is 2.51. The first-order valence-electron chi connectivity index (χ1n) is 9.19. The van der Waals surface area contributed by atoms with Crippen molar-refractivity contribution in [3.8, 4) is 0 Å². The summed E-state index contributed by atoms with van der Waals surface area (Å²) in [6.07, 6.45) is 4.56. The highest BCUT2D eigenvalue weighted by atomic mass is 16.4. The standard InChI is InChI=1S/C19H21N7O/c1-11(2)18-22-23-19(27-18)25-8-6-13-16(21-10-20-13)17(25)14-9-15-12(3)5-4-7-26(15)24-14/h4-5,7,9-11,17H,6,8H2,1-3H3,(H,20,21)/t17-/m1/s1. The van der Waals surface area contributed by atoms with Gasteiger partial charge in [-0.25, -0.2) is 9.50 Å². The number of nitrogens with zero attached hydrogens (tertiary/aromatic N) is 6. The van der Waals surface area contributed by atoms with Crippen molar-refractivity contribution in [3.05, 3.63) is 59.3 Å². The Morgan fingerprint density at radius 2 is 2.19 bits per heavy atom. The molecule has 0 unspecified atom stereocenters. The lowest BCUT2D eigenvalue weighted by Gasteiger charge is -2.32. The minimum Gasteiger partial charge on any atom is -0.408 e. The molecule has 1 aliphatic rings. The van der Waals surface area contributed by atoms with Gasteiger partial charge in [0.05, 0.1) is 23.2 Å². The van der Waals surface area contributed by atoms with Crippen LogP contribution in [0.2, 0.25) is 0 Å². The molecule has 8 heteroatoms. The first-order valence-corrected chi connectivity index (χ1v) is 9.19. The molecule has 4 aromatic rings. The molecule has 5 rings (SSSR count). The van der Waals surface area contributed by atoms with Crippen molar-refractivity contribution >= 4 is 11.5 Å². The van der Waals surface area contributed by atoms with E-state index in [0.717, 1.165) is 35.6 Å². The number of fused-ring (bicyclic) bond motifs is 2. The van der Waals surface area contributed by atoms with E-state index in [0.29, 0.717) is 11.9 Å². The van der Waals surface area contributed by atoms with Crippen LogP contribution in [0.1, 0.15) is 54.3 Å². The Balaban J connectivity index is 1.65. The monoisotopic (exact) mass is 363 g/mol. The maximum absolute atomic E-state index is 5.96. The number of rotatable bonds is 3. The minimum atomic E-state index is -0.167. The van der Waals surface area contributed by atoms with Crippen molar-refractivity contribution in [1.29, 1.82) is 0 Å². The SMILES string of the molecule is Cc1cccn2nc([C@@H]3c4nc[nH]c4CCN3c3nnc(C(C)C)o3)cc12. The summed E-state index contributed by atoms with van der Waals surface area (Å²) in [6, 6.07) is 6.57. The average molecular weight is 363 g/mol. The lowest BCUT2D eigenvalue weighted by Crippen LogP contribution is -2.36. The quantitative estimate of drug-likeness (QED) is 0.602. The maximum atomic E-state index is 5.96. The second kappa shape index (κ2) is 5.94. The summed E-state index contributed by atoms with van der Waals surface area (Å²) in [5.41, 5.74) is 5.28. The Morgan fingerprint density at radius 1 is 1.30 bits per heavy atom. The first kappa shape index (κ1) is 16.0. The van der Waals surface area contributed by atoms with Gasteiger partial charge in [0.15, 0.2) is 0 Å². The molecule has 8 nitrogen and oxygen atoms in total. The summed E-state index contributed by atoms with van der Waals surface area (Å²) >= 11 is 0. The number of aromatic nitrogens is 6. The number of aromatic amines is 1. The highest BCUT2D eigenvalue weighted by Crippen LogP contribution is 2.36. The molecule has 27 heavy (non-hydrogen) atoms. The summed E-state index contributed by atoms with van der Waals surface area (Å²) in [7, 11) is 0. The van der Waals surface area contributed by atoms with Gasteiger partial charge in [-0.3, -0.25) is 0 Å². The molecule has 0 fully saturated rings. The molecular weight excluding hydrogens is 342 g/mol. The van der Waals surface area contributed by atoms with Gasteiger partial charge in [0.1, 0.15) is 6.04 Å². The number of nitrogens with one attached hydrogen (secondary N) is 1. The van der Waals surface area contributed by atoms with Gasteiger partial charge in [0.25, 0.3) is 0 Å². The molecule has 0 saturated carbocycles. The Kier molecular flexibility index (Phi) is 3.53. The van der Waals surface area contributed by atoms with Gasteiger partial charge in [-0.15, -0.1) is 5.10 Å². The largest absolute Gasteiger partial charge is 0.408 e. The highest BCUT2D eigenvalue weighted by Gasteiger charge is 2.36. The van der Waals surface area contributed by atoms with Crippen LogP contribution in [0.15, 0.2) is 35.1 Å². The van der Waals surface area contributed by atoms with Gasteiger partial charge >= 0.3 is 6.01 Å². The zero-order valence-electron chi connectivity index (χ0n) is 15.5. The molecule has 138 valence electrons. The van der Waals surface area contributed by atoms with Crippen molar-refractivity contribution in [1.82, 2.24) is 29.8 Å². The summed E-state index contributed by atoms with van der Waals surface area (Å²) in [6.45, 7) is 6.93. The highest BCUT2D eigenvalue weighted by molar-refractivity contribution is 5.56. The number of hydrogen-bond donors (Lipinski definition) is 1. The lowest BCUT2D eigenvalue weighted by atomic mass is 10.00. The summed E-state index contributed by atoms with van der Waals surface area (Å²) in [5.74, 6) is 0.829. The fourth-order valence-electron chi connectivity index (χ4n) is 3.67. The van der Waals surface area contributed by atoms with Crippen molar-refractivity contribution in [2.75, 3.05) is 11.4 Å². The topological polar surface area (TPSA) is 88.1 Å². The zero-order valence-corrected chi connectivity index (χ0v) is 15.5. The third-order valence-electron chi connectivity index (χ3n) is 5.11. The molecule has 0 saturated heterocycles. The average Bonchev–Trinajstić information content (AvgIpc) is 3.39. The van der Waals surface area contributed by atoms with Crippen LogP contribution in [-0.4, -0.2) is 36.3 Å². The van der Waals surface area contributed by atoms with E-state index in [9.17, 15) is 0 Å². The maximum Gasteiger partial charge on any atom is 0.319 e. The second-order valence-corrected chi connectivity index (χ2v) is 7.28. The number of aryl methyl sites for hydroxylation is 1. The predicted octanol–water partition coefficient (Wildman–Crippen LogP) is 3.02. The lowest BCUT2D eigenvalue weighted by molar-refractivity contribution is 0.446. The van der Waals surface area contributed by atoms with Crippen molar-refractivity contribution in [2.45, 2.75) is 39.2 Å². The van der Waals surface area contributed by atoms with Gasteiger partial charge in [0.2, 0.25) is 5.89 Å². The molecule has 0 aliphatic carbocycles. The molecule has 4 aromatic heterocycles. The second-order valence-electron chi connectivity index (χ2n) is 7.28. The number of imidazole rings is 1. The smallest absolute Gasteiger partial charge is 0.319 e. The molecule has 0 amide bonds. The Bertz CT molecular complexity index is 1110.